The first kappa shape index (κ1) is 11.5. The monoisotopic (exact) mass is 225 g/mol. The molecule has 5 nitrogen and oxygen atoms in total. The van der Waals surface area contributed by atoms with Gasteiger partial charge in [0, 0.05) is 13.7 Å². The molecule has 0 spiro atoms. The van der Waals surface area contributed by atoms with E-state index in [9.17, 15) is 0 Å². The Balaban J connectivity index is 2.05. The van der Waals surface area contributed by atoms with Gasteiger partial charge in [0.1, 0.15) is 6.10 Å². The summed E-state index contributed by atoms with van der Waals surface area (Å²) in [7, 11) is 1.67. The maximum absolute atomic E-state index is 5.31. The third-order valence-corrected chi connectivity index (χ3v) is 3.05. The second-order valence-corrected chi connectivity index (χ2v) is 4.17. The Kier molecular flexibility index (Phi) is 3.90. The Hall–Kier alpha value is -0.940. The molecule has 0 saturated carbocycles. The van der Waals surface area contributed by atoms with Crippen molar-refractivity contribution in [3.8, 4) is 0 Å². The topological polar surface area (TPSA) is 60.2 Å². The lowest BCUT2D eigenvalue weighted by atomic mass is 10.00. The van der Waals surface area contributed by atoms with Gasteiger partial charge in [0.25, 0.3) is 0 Å². The van der Waals surface area contributed by atoms with Gasteiger partial charge in [-0.1, -0.05) is 12.1 Å². The molecule has 0 amide bonds. The molecule has 1 N–H and O–H groups in total. The molecule has 5 heteroatoms. The van der Waals surface area contributed by atoms with E-state index in [0.29, 0.717) is 11.7 Å². The maximum atomic E-state index is 5.31. The molecular formula is C11H19N3O2. The summed E-state index contributed by atoms with van der Waals surface area (Å²) >= 11 is 0. The van der Waals surface area contributed by atoms with Crippen molar-refractivity contribution in [1.82, 2.24) is 15.5 Å². The number of rotatable bonds is 4. The second-order valence-electron chi connectivity index (χ2n) is 4.17. The van der Waals surface area contributed by atoms with Crippen molar-refractivity contribution < 1.29 is 9.26 Å². The van der Waals surface area contributed by atoms with Gasteiger partial charge in [0.05, 0.1) is 5.92 Å². The van der Waals surface area contributed by atoms with E-state index in [1.54, 1.807) is 7.11 Å². The van der Waals surface area contributed by atoms with Crippen LogP contribution in [0.4, 0.5) is 0 Å². The van der Waals surface area contributed by atoms with Crippen LogP contribution in [0.2, 0.25) is 0 Å². The normalized spacial score (nSPS) is 23.2. The van der Waals surface area contributed by atoms with E-state index in [2.05, 4.69) is 15.5 Å². The lowest BCUT2D eigenvalue weighted by molar-refractivity contribution is 0.0903. The fraction of sp³-hybridized carbons (Fsp3) is 0.818. The fourth-order valence-electron chi connectivity index (χ4n) is 2.06. The van der Waals surface area contributed by atoms with Crippen LogP contribution in [-0.4, -0.2) is 30.3 Å². The molecule has 0 aromatic carbocycles. The number of nitrogens with one attached hydrogen (secondary N) is 1. The first-order chi connectivity index (χ1) is 7.85. The molecule has 2 heterocycles. The number of aromatic nitrogens is 2. The summed E-state index contributed by atoms with van der Waals surface area (Å²) in [6.07, 6.45) is 3.11. The summed E-state index contributed by atoms with van der Waals surface area (Å²) in [5, 5.41) is 7.34. The zero-order valence-corrected chi connectivity index (χ0v) is 9.90. The van der Waals surface area contributed by atoms with E-state index in [-0.39, 0.29) is 6.10 Å². The highest BCUT2D eigenvalue weighted by molar-refractivity contribution is 4.98. The van der Waals surface area contributed by atoms with Crippen LogP contribution in [0.5, 0.6) is 0 Å². The molecule has 1 aliphatic heterocycles. The van der Waals surface area contributed by atoms with Gasteiger partial charge in [0.2, 0.25) is 11.7 Å². The van der Waals surface area contributed by atoms with Crippen molar-refractivity contribution in [2.45, 2.75) is 38.2 Å². The lowest BCUT2D eigenvalue weighted by Crippen LogP contribution is -2.28. The van der Waals surface area contributed by atoms with Gasteiger partial charge in [-0.25, -0.2) is 0 Å². The number of ether oxygens (including phenoxy) is 1. The summed E-state index contributed by atoms with van der Waals surface area (Å²) in [5.41, 5.74) is 0. The Bertz CT molecular complexity index is 317. The van der Waals surface area contributed by atoms with E-state index in [1.807, 2.05) is 6.92 Å². The first-order valence-electron chi connectivity index (χ1n) is 5.92. The summed E-state index contributed by atoms with van der Waals surface area (Å²) in [6, 6.07) is 0. The molecule has 1 unspecified atom stereocenters. The number of nitrogens with zero attached hydrogens (tertiary/aromatic N) is 2. The first-order valence-corrected chi connectivity index (χ1v) is 5.92. The van der Waals surface area contributed by atoms with Gasteiger partial charge < -0.3 is 14.6 Å². The minimum atomic E-state index is -0.0472. The molecule has 1 aromatic heterocycles. The highest BCUT2D eigenvalue weighted by Crippen LogP contribution is 2.24. The Morgan fingerprint density at radius 1 is 1.62 bits per heavy atom. The van der Waals surface area contributed by atoms with Crippen molar-refractivity contribution in [3.63, 3.8) is 0 Å². The number of piperidine rings is 1. The molecule has 90 valence electrons. The Morgan fingerprint density at radius 3 is 3.12 bits per heavy atom. The van der Waals surface area contributed by atoms with Crippen LogP contribution in [0.3, 0.4) is 0 Å². The third kappa shape index (κ3) is 2.41. The van der Waals surface area contributed by atoms with Gasteiger partial charge in [-0.2, -0.15) is 4.98 Å². The summed E-state index contributed by atoms with van der Waals surface area (Å²) < 4.78 is 10.6. The molecule has 2 atom stereocenters. The Labute approximate surface area is 95.6 Å². The molecule has 0 radical (unpaired) electrons. The van der Waals surface area contributed by atoms with E-state index >= 15 is 0 Å². The quantitative estimate of drug-likeness (QED) is 0.844. The highest BCUT2D eigenvalue weighted by atomic mass is 16.5. The van der Waals surface area contributed by atoms with Gasteiger partial charge in [-0.3, -0.25) is 0 Å². The van der Waals surface area contributed by atoms with Crippen molar-refractivity contribution in [2.75, 3.05) is 20.2 Å². The van der Waals surface area contributed by atoms with Crippen LogP contribution in [0.1, 0.15) is 49.9 Å². The fourth-order valence-corrected chi connectivity index (χ4v) is 2.06. The molecule has 1 aliphatic rings. The average molecular weight is 225 g/mol. The largest absolute Gasteiger partial charge is 0.373 e. The molecule has 2 rings (SSSR count). The smallest absolute Gasteiger partial charge is 0.231 e. The maximum Gasteiger partial charge on any atom is 0.231 e. The van der Waals surface area contributed by atoms with Crippen LogP contribution in [0.15, 0.2) is 4.52 Å². The van der Waals surface area contributed by atoms with Gasteiger partial charge in [-0.15, -0.1) is 0 Å². The van der Waals surface area contributed by atoms with Crippen LogP contribution in [0, 0.1) is 0 Å². The van der Waals surface area contributed by atoms with Crippen LogP contribution < -0.4 is 5.32 Å². The number of hydrogen-bond acceptors (Lipinski definition) is 5. The van der Waals surface area contributed by atoms with Gasteiger partial charge >= 0.3 is 0 Å². The minimum absolute atomic E-state index is 0.0472. The average Bonchev–Trinajstić information content (AvgIpc) is 2.81. The van der Waals surface area contributed by atoms with Gasteiger partial charge in [0.15, 0.2) is 0 Å². The van der Waals surface area contributed by atoms with E-state index in [1.165, 1.54) is 6.42 Å². The van der Waals surface area contributed by atoms with Crippen molar-refractivity contribution in [2.24, 2.45) is 0 Å². The summed E-state index contributed by atoms with van der Waals surface area (Å²) in [6.45, 7) is 4.07. The SMILES string of the molecule is CCC(OC)c1noc([C@H]2CCCNC2)n1. The molecular weight excluding hydrogens is 206 g/mol. The third-order valence-electron chi connectivity index (χ3n) is 3.05. The van der Waals surface area contributed by atoms with Crippen molar-refractivity contribution in [3.05, 3.63) is 11.7 Å². The lowest BCUT2D eigenvalue weighted by Gasteiger charge is -2.18. The number of methoxy groups -OCH3 is 1. The zero-order chi connectivity index (χ0) is 11.4. The van der Waals surface area contributed by atoms with Crippen LogP contribution in [0.25, 0.3) is 0 Å². The van der Waals surface area contributed by atoms with Gasteiger partial charge in [-0.05, 0) is 25.8 Å². The second kappa shape index (κ2) is 5.41. The molecule has 0 bridgehead atoms. The predicted molar refractivity (Wildman–Crippen MR) is 59.2 cm³/mol. The van der Waals surface area contributed by atoms with E-state index in [0.717, 1.165) is 31.8 Å². The van der Waals surface area contributed by atoms with E-state index in [4.69, 9.17) is 9.26 Å². The summed E-state index contributed by atoms with van der Waals surface area (Å²) in [5.74, 6) is 1.78. The summed E-state index contributed by atoms with van der Waals surface area (Å²) in [4.78, 5) is 4.43. The van der Waals surface area contributed by atoms with E-state index < -0.39 is 0 Å². The zero-order valence-electron chi connectivity index (χ0n) is 9.90. The van der Waals surface area contributed by atoms with Crippen molar-refractivity contribution in [1.29, 1.82) is 0 Å². The van der Waals surface area contributed by atoms with Crippen molar-refractivity contribution >= 4 is 0 Å². The molecule has 1 aromatic rings. The molecule has 1 saturated heterocycles. The predicted octanol–water partition coefficient (Wildman–Crippen LogP) is 1.63. The molecule has 16 heavy (non-hydrogen) atoms. The minimum Gasteiger partial charge on any atom is -0.373 e. The highest BCUT2D eigenvalue weighted by Gasteiger charge is 2.23. The Morgan fingerprint density at radius 2 is 2.50 bits per heavy atom. The molecule has 1 fully saturated rings. The van der Waals surface area contributed by atoms with Crippen LogP contribution in [-0.2, 0) is 4.74 Å². The van der Waals surface area contributed by atoms with Crippen LogP contribution >= 0.6 is 0 Å². The number of hydrogen-bond donors (Lipinski definition) is 1. The standard InChI is InChI=1S/C11H19N3O2/c1-3-9(15-2)10-13-11(16-14-10)8-5-4-6-12-7-8/h8-9,12H,3-7H2,1-2H3/t8-,9?/m0/s1. The molecule has 0 aliphatic carbocycles.